The molecule has 4 rings (SSSR count). The first-order valence-corrected chi connectivity index (χ1v) is 13.8. The number of hydrogen-bond donors (Lipinski definition) is 1. The van der Waals surface area contributed by atoms with Gasteiger partial charge in [-0.25, -0.2) is 0 Å². The van der Waals surface area contributed by atoms with E-state index < -0.39 is 0 Å². The van der Waals surface area contributed by atoms with Gasteiger partial charge < -0.3 is 0 Å². The standard InChI is InChI=1S/C17H18S.C11H14.C3H6.2C2H6/c1-11(2)16-10-12(3)9-13(4)17(16)14-5-7-15(18)8-6-14;1-8-3-4-10-6-9(2)7-11(10)5-8;1-3-2;2*1-2/h5-10,18H,1H2,2-4H3;3-5,9H,6-7H2,1-2H3;3H,1H2,2H3;2*1-2H3. The van der Waals surface area contributed by atoms with Gasteiger partial charge in [0.15, 0.2) is 0 Å². The summed E-state index contributed by atoms with van der Waals surface area (Å²) in [5.41, 5.74) is 12.0. The summed E-state index contributed by atoms with van der Waals surface area (Å²) >= 11 is 4.34. The summed E-state index contributed by atoms with van der Waals surface area (Å²) in [6.07, 6.45) is 4.33. The molecule has 1 aliphatic carbocycles. The lowest BCUT2D eigenvalue weighted by Crippen LogP contribution is -1.92. The lowest BCUT2D eigenvalue weighted by atomic mass is 9.90. The molecule has 1 unspecified atom stereocenters. The fraction of sp³-hybridized carbons (Fsp3) is 0.371. The quantitative estimate of drug-likeness (QED) is 0.261. The van der Waals surface area contributed by atoms with Crippen LogP contribution in [0.4, 0.5) is 0 Å². The van der Waals surface area contributed by atoms with Crippen LogP contribution in [-0.2, 0) is 12.8 Å². The molecule has 0 fully saturated rings. The largest absolute Gasteiger partial charge is 0.143 e. The molecule has 0 spiro atoms. The van der Waals surface area contributed by atoms with Crippen LogP contribution in [0.25, 0.3) is 16.7 Å². The van der Waals surface area contributed by atoms with E-state index in [0.29, 0.717) is 0 Å². The Hall–Kier alpha value is -2.51. The van der Waals surface area contributed by atoms with Gasteiger partial charge in [0, 0.05) is 4.90 Å². The number of aryl methyl sites for hydroxylation is 3. The van der Waals surface area contributed by atoms with Crippen molar-refractivity contribution in [2.45, 2.75) is 87.0 Å². The maximum absolute atomic E-state index is 4.34. The van der Waals surface area contributed by atoms with Gasteiger partial charge in [-0.05, 0) is 98.9 Å². The van der Waals surface area contributed by atoms with Crippen molar-refractivity contribution in [3.05, 3.63) is 107 Å². The third-order valence-electron chi connectivity index (χ3n) is 5.59. The van der Waals surface area contributed by atoms with Gasteiger partial charge in [-0.2, -0.15) is 0 Å². The van der Waals surface area contributed by atoms with E-state index in [-0.39, 0.29) is 0 Å². The molecule has 36 heavy (non-hydrogen) atoms. The van der Waals surface area contributed by atoms with Gasteiger partial charge in [0.2, 0.25) is 0 Å². The molecule has 1 aliphatic rings. The number of fused-ring (bicyclic) bond motifs is 1. The van der Waals surface area contributed by atoms with E-state index in [2.05, 4.69) is 103 Å². The van der Waals surface area contributed by atoms with Crippen molar-refractivity contribution in [1.82, 2.24) is 0 Å². The molecule has 0 radical (unpaired) electrons. The van der Waals surface area contributed by atoms with Crippen LogP contribution < -0.4 is 0 Å². The highest BCUT2D eigenvalue weighted by molar-refractivity contribution is 7.80. The second-order valence-electron chi connectivity index (χ2n) is 9.03. The van der Waals surface area contributed by atoms with E-state index in [4.69, 9.17) is 0 Å². The first-order valence-electron chi connectivity index (χ1n) is 13.4. The summed E-state index contributed by atoms with van der Waals surface area (Å²) in [5.74, 6) is 0.867. The molecule has 1 heteroatoms. The number of hydrogen-bond acceptors (Lipinski definition) is 1. The van der Waals surface area contributed by atoms with Crippen LogP contribution >= 0.6 is 12.6 Å². The first-order chi connectivity index (χ1) is 17.2. The Morgan fingerprint density at radius 1 is 0.833 bits per heavy atom. The Labute approximate surface area is 229 Å². The molecular weight excluding hydrogens is 452 g/mol. The van der Waals surface area contributed by atoms with Gasteiger partial charge >= 0.3 is 0 Å². The van der Waals surface area contributed by atoms with E-state index in [1.165, 1.54) is 46.2 Å². The molecule has 3 aromatic rings. The Morgan fingerprint density at radius 2 is 1.36 bits per heavy atom. The predicted octanol–water partition coefficient (Wildman–Crippen LogP) is 11.3. The van der Waals surface area contributed by atoms with Gasteiger partial charge in [0.25, 0.3) is 0 Å². The average molecular weight is 503 g/mol. The zero-order valence-electron chi connectivity index (χ0n) is 24.6. The first kappa shape index (κ1) is 33.5. The fourth-order valence-electron chi connectivity index (χ4n) is 4.28. The minimum Gasteiger partial charge on any atom is -0.143 e. The van der Waals surface area contributed by atoms with E-state index in [9.17, 15) is 0 Å². The van der Waals surface area contributed by atoms with Crippen LogP contribution in [0.15, 0.2) is 78.7 Å². The second-order valence-corrected chi connectivity index (χ2v) is 9.54. The maximum Gasteiger partial charge on any atom is 0.00404 e. The fourth-order valence-corrected chi connectivity index (χ4v) is 4.43. The normalized spacial score (nSPS) is 12.6. The summed E-state index contributed by atoms with van der Waals surface area (Å²) in [5, 5.41) is 0. The van der Waals surface area contributed by atoms with Crippen LogP contribution in [0.5, 0.6) is 0 Å². The predicted molar refractivity (Wildman–Crippen MR) is 170 cm³/mol. The molecule has 0 bridgehead atoms. The van der Waals surface area contributed by atoms with E-state index in [1.54, 1.807) is 17.2 Å². The van der Waals surface area contributed by atoms with Crippen molar-refractivity contribution < 1.29 is 0 Å². The van der Waals surface area contributed by atoms with Crippen LogP contribution in [0, 0.1) is 26.7 Å². The molecular formula is C35H50S. The average Bonchev–Trinajstić information content (AvgIpc) is 3.22. The van der Waals surface area contributed by atoms with Gasteiger partial charge in [-0.3, -0.25) is 0 Å². The third-order valence-corrected chi connectivity index (χ3v) is 5.89. The number of allylic oxidation sites excluding steroid dienone is 2. The summed E-state index contributed by atoms with van der Waals surface area (Å²) in [6, 6.07) is 19.6. The molecule has 0 heterocycles. The van der Waals surface area contributed by atoms with Crippen LogP contribution in [0.3, 0.4) is 0 Å². The highest BCUT2D eigenvalue weighted by atomic mass is 32.1. The van der Waals surface area contributed by atoms with Crippen molar-refractivity contribution in [2.24, 2.45) is 5.92 Å². The topological polar surface area (TPSA) is 0 Å². The number of rotatable bonds is 2. The minimum atomic E-state index is 0.867. The Kier molecular flexibility index (Phi) is 16.6. The number of benzene rings is 3. The molecule has 0 aliphatic heterocycles. The third kappa shape index (κ3) is 10.6. The second kappa shape index (κ2) is 17.8. The van der Waals surface area contributed by atoms with Crippen molar-refractivity contribution >= 4 is 18.2 Å². The summed E-state index contributed by atoms with van der Waals surface area (Å²) in [4.78, 5) is 0.986. The van der Waals surface area contributed by atoms with Crippen molar-refractivity contribution in [2.75, 3.05) is 0 Å². The molecule has 0 nitrogen and oxygen atoms in total. The SMILES string of the molecule is C=C(C)c1cc(C)cc(C)c1-c1ccc(S)cc1.C=CC.CC.CC.Cc1ccc2c(c1)CC(C)C2. The van der Waals surface area contributed by atoms with Crippen molar-refractivity contribution in [3.63, 3.8) is 0 Å². The lowest BCUT2D eigenvalue weighted by Gasteiger charge is -2.14. The molecule has 0 amide bonds. The van der Waals surface area contributed by atoms with Gasteiger partial charge in [0.05, 0.1) is 0 Å². The minimum absolute atomic E-state index is 0.867. The summed E-state index contributed by atoms with van der Waals surface area (Å²) in [7, 11) is 0. The van der Waals surface area contributed by atoms with E-state index in [1.807, 2.05) is 46.8 Å². The smallest absolute Gasteiger partial charge is 0.00404 e. The summed E-state index contributed by atoms with van der Waals surface area (Å²) in [6.45, 7) is 28.2. The number of thiol groups is 1. The van der Waals surface area contributed by atoms with Crippen molar-refractivity contribution in [1.29, 1.82) is 0 Å². The molecule has 3 aromatic carbocycles. The molecule has 0 saturated heterocycles. The Bertz CT molecular complexity index is 1070. The van der Waals surface area contributed by atoms with E-state index >= 15 is 0 Å². The maximum atomic E-state index is 4.34. The van der Waals surface area contributed by atoms with Crippen LogP contribution in [0.2, 0.25) is 0 Å². The van der Waals surface area contributed by atoms with Crippen LogP contribution in [-0.4, -0.2) is 0 Å². The highest BCUT2D eigenvalue weighted by Crippen LogP contribution is 2.33. The van der Waals surface area contributed by atoms with E-state index in [0.717, 1.165) is 16.4 Å². The molecule has 1 atom stereocenters. The van der Waals surface area contributed by atoms with Gasteiger partial charge in [-0.15, -0.1) is 19.2 Å². The van der Waals surface area contributed by atoms with Gasteiger partial charge in [-0.1, -0.05) is 106 Å². The van der Waals surface area contributed by atoms with Gasteiger partial charge in [0.1, 0.15) is 0 Å². The zero-order chi connectivity index (χ0) is 27.8. The van der Waals surface area contributed by atoms with Crippen LogP contribution in [0.1, 0.15) is 81.8 Å². The molecule has 0 aromatic heterocycles. The molecule has 0 saturated carbocycles. The monoisotopic (exact) mass is 502 g/mol. The Morgan fingerprint density at radius 3 is 1.89 bits per heavy atom. The van der Waals surface area contributed by atoms with Crippen molar-refractivity contribution in [3.8, 4) is 11.1 Å². The molecule has 0 N–H and O–H groups in total. The highest BCUT2D eigenvalue weighted by Gasteiger charge is 2.16. The Balaban J connectivity index is 0.000000579. The zero-order valence-corrected chi connectivity index (χ0v) is 25.5. The summed E-state index contributed by atoms with van der Waals surface area (Å²) < 4.78 is 0. The lowest BCUT2D eigenvalue weighted by molar-refractivity contribution is 0.628. The molecule has 196 valence electrons.